The zero-order valence-corrected chi connectivity index (χ0v) is 14.2. The zero-order valence-electron chi connectivity index (χ0n) is 13.4. The van der Waals surface area contributed by atoms with Crippen LogP contribution in [0.3, 0.4) is 0 Å². The topological polar surface area (TPSA) is 32.6 Å². The van der Waals surface area contributed by atoms with Crippen molar-refractivity contribution in [1.29, 1.82) is 0 Å². The Hall–Kier alpha value is -0.910. The third-order valence-corrected chi connectivity index (χ3v) is 5.41. The number of aryl methyl sites for hydroxylation is 2. The summed E-state index contributed by atoms with van der Waals surface area (Å²) in [7, 11) is 0. The van der Waals surface area contributed by atoms with Crippen molar-refractivity contribution < 1.29 is 0 Å². The highest BCUT2D eigenvalue weighted by Crippen LogP contribution is 2.20. The smallest absolute Gasteiger partial charge is 0.194 e. The lowest BCUT2D eigenvalue weighted by molar-refractivity contribution is 0.193. The molecule has 2 aromatic heterocycles. The van der Waals surface area contributed by atoms with Gasteiger partial charge in [0.2, 0.25) is 0 Å². The Morgan fingerprint density at radius 1 is 1.33 bits per heavy atom. The summed E-state index contributed by atoms with van der Waals surface area (Å²) >= 11 is 1.77. The minimum atomic E-state index is 0.910. The van der Waals surface area contributed by atoms with Gasteiger partial charge in [0.25, 0.3) is 0 Å². The van der Waals surface area contributed by atoms with Crippen molar-refractivity contribution in [3.8, 4) is 0 Å². The van der Waals surface area contributed by atoms with E-state index in [0.717, 1.165) is 36.2 Å². The first kappa shape index (κ1) is 15.0. The molecule has 3 heterocycles. The molecule has 0 aromatic carbocycles. The standard InChI is InChI=1S/C16H26N4S/c1-12-4-7-19(8-5-12)9-6-17-10-15-14(3)18-16-20(15)11-13(2)21-16/h11-12,17H,4-10H2,1-3H3. The highest BCUT2D eigenvalue weighted by Gasteiger charge is 2.15. The molecule has 1 fully saturated rings. The summed E-state index contributed by atoms with van der Waals surface area (Å²) in [4.78, 5) is 9.66. The molecule has 3 rings (SSSR count). The second-order valence-electron chi connectivity index (χ2n) is 6.34. The molecular weight excluding hydrogens is 280 g/mol. The molecule has 116 valence electrons. The van der Waals surface area contributed by atoms with E-state index in [1.807, 2.05) is 0 Å². The van der Waals surface area contributed by atoms with Gasteiger partial charge in [-0.15, -0.1) is 11.3 Å². The van der Waals surface area contributed by atoms with Crippen molar-refractivity contribution in [3.63, 3.8) is 0 Å². The van der Waals surface area contributed by atoms with Gasteiger partial charge in [0, 0.05) is 30.7 Å². The number of nitrogens with zero attached hydrogens (tertiary/aromatic N) is 3. The molecule has 0 amide bonds. The van der Waals surface area contributed by atoms with Gasteiger partial charge in [-0.2, -0.15) is 0 Å². The molecule has 0 saturated carbocycles. The Balaban J connectivity index is 1.49. The molecule has 21 heavy (non-hydrogen) atoms. The van der Waals surface area contributed by atoms with Crippen LogP contribution in [-0.2, 0) is 6.54 Å². The molecule has 0 radical (unpaired) electrons. The van der Waals surface area contributed by atoms with Gasteiger partial charge >= 0.3 is 0 Å². The van der Waals surface area contributed by atoms with Crippen LogP contribution in [0.25, 0.3) is 4.96 Å². The van der Waals surface area contributed by atoms with Crippen LogP contribution < -0.4 is 5.32 Å². The molecule has 5 heteroatoms. The number of hydrogen-bond acceptors (Lipinski definition) is 4. The van der Waals surface area contributed by atoms with Gasteiger partial charge in [-0.3, -0.25) is 4.40 Å². The Morgan fingerprint density at radius 3 is 2.86 bits per heavy atom. The van der Waals surface area contributed by atoms with Gasteiger partial charge in [-0.25, -0.2) is 4.98 Å². The minimum absolute atomic E-state index is 0.910. The largest absolute Gasteiger partial charge is 0.310 e. The molecule has 0 spiro atoms. The van der Waals surface area contributed by atoms with Crippen molar-refractivity contribution in [3.05, 3.63) is 22.5 Å². The van der Waals surface area contributed by atoms with Crippen molar-refractivity contribution in [2.75, 3.05) is 26.2 Å². The quantitative estimate of drug-likeness (QED) is 0.862. The maximum Gasteiger partial charge on any atom is 0.194 e. The fourth-order valence-corrected chi connectivity index (χ4v) is 3.94. The lowest BCUT2D eigenvalue weighted by Gasteiger charge is -2.30. The summed E-state index contributed by atoms with van der Waals surface area (Å²) in [6.07, 6.45) is 4.91. The predicted molar refractivity (Wildman–Crippen MR) is 89.1 cm³/mol. The molecule has 0 atom stereocenters. The third kappa shape index (κ3) is 3.47. The zero-order chi connectivity index (χ0) is 14.8. The molecule has 1 aliphatic heterocycles. The lowest BCUT2D eigenvalue weighted by atomic mass is 9.99. The van der Waals surface area contributed by atoms with E-state index in [0.29, 0.717) is 0 Å². The monoisotopic (exact) mass is 306 g/mol. The van der Waals surface area contributed by atoms with E-state index in [1.54, 1.807) is 11.3 Å². The maximum absolute atomic E-state index is 4.64. The Labute approximate surface area is 131 Å². The fourth-order valence-electron chi connectivity index (χ4n) is 3.05. The lowest BCUT2D eigenvalue weighted by Crippen LogP contribution is -2.37. The van der Waals surface area contributed by atoms with E-state index in [9.17, 15) is 0 Å². The van der Waals surface area contributed by atoms with Crippen LogP contribution >= 0.6 is 11.3 Å². The fraction of sp³-hybridized carbons (Fsp3) is 0.688. The van der Waals surface area contributed by atoms with Crippen molar-refractivity contribution in [1.82, 2.24) is 19.6 Å². The second kappa shape index (κ2) is 6.46. The molecule has 1 N–H and O–H groups in total. The van der Waals surface area contributed by atoms with E-state index in [-0.39, 0.29) is 0 Å². The predicted octanol–water partition coefficient (Wildman–Crippen LogP) is 2.83. The number of likely N-dealkylation sites (tertiary alicyclic amines) is 1. The first-order valence-corrected chi connectivity index (χ1v) is 8.82. The summed E-state index contributed by atoms with van der Waals surface area (Å²) in [5, 5.41) is 3.59. The number of thiazole rings is 1. The highest BCUT2D eigenvalue weighted by molar-refractivity contribution is 7.17. The van der Waals surface area contributed by atoms with Gasteiger partial charge in [-0.05, 0) is 45.7 Å². The normalized spacial score (nSPS) is 17.9. The van der Waals surface area contributed by atoms with E-state index >= 15 is 0 Å². The molecule has 1 aliphatic rings. The van der Waals surface area contributed by atoms with Crippen LogP contribution in [-0.4, -0.2) is 40.5 Å². The molecule has 0 bridgehead atoms. The number of nitrogens with one attached hydrogen (secondary N) is 1. The van der Waals surface area contributed by atoms with Crippen LogP contribution in [0, 0.1) is 19.8 Å². The summed E-state index contributed by atoms with van der Waals surface area (Å²) in [5.74, 6) is 0.916. The Bertz CT molecular complexity index is 593. The van der Waals surface area contributed by atoms with E-state index in [2.05, 4.69) is 46.6 Å². The first-order chi connectivity index (χ1) is 10.1. The summed E-state index contributed by atoms with van der Waals surface area (Å²) in [6, 6.07) is 0. The maximum atomic E-state index is 4.64. The van der Waals surface area contributed by atoms with Gasteiger partial charge in [0.15, 0.2) is 4.96 Å². The molecule has 2 aromatic rings. The molecule has 1 saturated heterocycles. The molecule has 0 aliphatic carbocycles. The average molecular weight is 306 g/mol. The first-order valence-electron chi connectivity index (χ1n) is 8.00. The second-order valence-corrected chi connectivity index (χ2v) is 7.55. The Morgan fingerprint density at radius 2 is 2.10 bits per heavy atom. The third-order valence-electron chi connectivity index (χ3n) is 4.51. The summed E-state index contributed by atoms with van der Waals surface area (Å²) in [6.45, 7) is 12.3. The van der Waals surface area contributed by atoms with Crippen LogP contribution in [0.2, 0.25) is 0 Å². The van der Waals surface area contributed by atoms with E-state index in [4.69, 9.17) is 0 Å². The van der Waals surface area contributed by atoms with Crippen molar-refractivity contribution >= 4 is 16.3 Å². The number of piperidine rings is 1. The van der Waals surface area contributed by atoms with Gasteiger partial charge in [0.1, 0.15) is 0 Å². The van der Waals surface area contributed by atoms with E-state index < -0.39 is 0 Å². The number of fused-ring (bicyclic) bond motifs is 1. The number of imidazole rings is 1. The van der Waals surface area contributed by atoms with Gasteiger partial charge in [0.05, 0.1) is 11.4 Å². The van der Waals surface area contributed by atoms with E-state index in [1.165, 1.54) is 36.5 Å². The number of aromatic nitrogens is 2. The van der Waals surface area contributed by atoms with Crippen LogP contribution in [0.15, 0.2) is 6.20 Å². The van der Waals surface area contributed by atoms with Crippen LogP contribution in [0.5, 0.6) is 0 Å². The molecule has 4 nitrogen and oxygen atoms in total. The number of rotatable bonds is 5. The van der Waals surface area contributed by atoms with Gasteiger partial charge in [-0.1, -0.05) is 6.92 Å². The molecule has 0 unspecified atom stereocenters. The van der Waals surface area contributed by atoms with Crippen molar-refractivity contribution in [2.24, 2.45) is 5.92 Å². The van der Waals surface area contributed by atoms with Crippen molar-refractivity contribution in [2.45, 2.75) is 40.2 Å². The van der Waals surface area contributed by atoms with Gasteiger partial charge < -0.3 is 10.2 Å². The van der Waals surface area contributed by atoms with Crippen LogP contribution in [0.1, 0.15) is 36.0 Å². The summed E-state index contributed by atoms with van der Waals surface area (Å²) < 4.78 is 2.24. The van der Waals surface area contributed by atoms with Crippen LogP contribution in [0.4, 0.5) is 0 Å². The molecular formula is C16H26N4S. The Kier molecular flexibility index (Phi) is 4.62. The number of hydrogen-bond donors (Lipinski definition) is 1. The average Bonchev–Trinajstić information content (AvgIpc) is 2.93. The SMILES string of the molecule is Cc1cn2c(CNCCN3CCC(C)CC3)c(C)nc2s1. The highest BCUT2D eigenvalue weighted by atomic mass is 32.1. The minimum Gasteiger partial charge on any atom is -0.310 e. The summed E-state index contributed by atoms with van der Waals surface area (Å²) in [5.41, 5.74) is 2.46.